The Labute approximate surface area is 114 Å². The van der Waals surface area contributed by atoms with E-state index in [4.69, 9.17) is 5.11 Å². The molecule has 2 fully saturated rings. The number of hydrogen-bond donors (Lipinski definition) is 1. The first kappa shape index (κ1) is 14.2. The molecule has 2 rings (SSSR count). The van der Waals surface area contributed by atoms with Crippen molar-refractivity contribution in [2.45, 2.75) is 39.0 Å². The van der Waals surface area contributed by atoms with Gasteiger partial charge in [-0.05, 0) is 38.0 Å². The van der Waals surface area contributed by atoms with E-state index in [1.807, 2.05) is 4.90 Å². The lowest BCUT2D eigenvalue weighted by molar-refractivity contribution is -0.143. The van der Waals surface area contributed by atoms with Crippen LogP contribution in [-0.2, 0) is 4.79 Å². The molecule has 1 saturated heterocycles. The van der Waals surface area contributed by atoms with E-state index in [0.29, 0.717) is 25.4 Å². The summed E-state index contributed by atoms with van der Waals surface area (Å²) in [6, 6.07) is 0.0414. The predicted octanol–water partition coefficient (Wildman–Crippen LogP) is 2.03. The molecule has 0 bridgehead atoms. The summed E-state index contributed by atoms with van der Waals surface area (Å²) in [7, 11) is 0. The fourth-order valence-electron chi connectivity index (χ4n) is 2.70. The highest BCUT2D eigenvalue weighted by atomic mass is 16.4. The minimum absolute atomic E-state index is 0.0414. The number of rotatable bonds is 5. The van der Waals surface area contributed by atoms with Crippen molar-refractivity contribution in [3.63, 3.8) is 0 Å². The minimum atomic E-state index is -0.776. The van der Waals surface area contributed by atoms with Gasteiger partial charge in [0.05, 0.1) is 5.92 Å². The molecule has 0 aromatic rings. The fraction of sp³-hybridized carbons (Fsp3) is 0.857. The highest BCUT2D eigenvalue weighted by molar-refractivity contribution is 5.76. The summed E-state index contributed by atoms with van der Waals surface area (Å²) in [5.41, 5.74) is 0. The van der Waals surface area contributed by atoms with E-state index in [1.165, 1.54) is 12.8 Å². The third kappa shape index (κ3) is 3.85. The lowest BCUT2D eigenvalue weighted by Crippen LogP contribution is -2.49. The number of piperidine rings is 1. The standard InChI is InChI=1S/C14H24N2O3/c1-2-7-15(9-11-5-6-11)14(19)16-8-3-4-12(10-16)13(17)18/h11-12H,2-10H2,1H3,(H,17,18). The second-order valence-corrected chi connectivity index (χ2v) is 5.80. The number of hydrogen-bond acceptors (Lipinski definition) is 2. The van der Waals surface area contributed by atoms with Crippen LogP contribution in [0.25, 0.3) is 0 Å². The summed E-state index contributed by atoms with van der Waals surface area (Å²) in [4.78, 5) is 27.2. The zero-order chi connectivity index (χ0) is 13.8. The van der Waals surface area contributed by atoms with Crippen molar-refractivity contribution < 1.29 is 14.7 Å². The van der Waals surface area contributed by atoms with Gasteiger partial charge in [-0.25, -0.2) is 4.79 Å². The molecular weight excluding hydrogens is 244 g/mol. The average Bonchev–Trinajstić information content (AvgIpc) is 3.21. The lowest BCUT2D eigenvalue weighted by Gasteiger charge is -2.35. The molecule has 0 aromatic heterocycles. The summed E-state index contributed by atoms with van der Waals surface area (Å²) in [5.74, 6) is -0.487. The van der Waals surface area contributed by atoms with Gasteiger partial charge in [-0.2, -0.15) is 0 Å². The van der Waals surface area contributed by atoms with Gasteiger partial charge in [0.25, 0.3) is 0 Å². The summed E-state index contributed by atoms with van der Waals surface area (Å²) in [6.07, 6.45) is 4.90. The molecule has 1 heterocycles. The van der Waals surface area contributed by atoms with Crippen LogP contribution in [0.2, 0.25) is 0 Å². The Morgan fingerprint density at radius 3 is 2.63 bits per heavy atom. The summed E-state index contributed by atoms with van der Waals surface area (Å²) >= 11 is 0. The number of carbonyl (C=O) groups is 2. The highest BCUT2D eigenvalue weighted by Crippen LogP contribution is 2.30. The van der Waals surface area contributed by atoms with E-state index < -0.39 is 5.97 Å². The number of aliphatic carboxylic acids is 1. The SMILES string of the molecule is CCCN(CC1CC1)C(=O)N1CCCC(C(=O)O)C1. The highest BCUT2D eigenvalue weighted by Gasteiger charge is 2.32. The van der Waals surface area contributed by atoms with Crippen molar-refractivity contribution in [3.05, 3.63) is 0 Å². The average molecular weight is 268 g/mol. The molecule has 2 aliphatic rings. The second kappa shape index (κ2) is 6.26. The Hall–Kier alpha value is -1.26. The number of amides is 2. The first-order chi connectivity index (χ1) is 9.11. The molecule has 1 aliphatic heterocycles. The molecule has 5 nitrogen and oxygen atoms in total. The molecule has 0 spiro atoms. The van der Waals surface area contributed by atoms with Crippen LogP contribution < -0.4 is 0 Å². The molecule has 1 N–H and O–H groups in total. The first-order valence-corrected chi connectivity index (χ1v) is 7.38. The van der Waals surface area contributed by atoms with Crippen molar-refractivity contribution in [2.24, 2.45) is 11.8 Å². The lowest BCUT2D eigenvalue weighted by atomic mass is 9.98. The summed E-state index contributed by atoms with van der Waals surface area (Å²) in [6.45, 7) is 4.78. The predicted molar refractivity (Wildman–Crippen MR) is 71.9 cm³/mol. The number of carbonyl (C=O) groups excluding carboxylic acids is 1. The van der Waals surface area contributed by atoms with Crippen LogP contribution in [0.4, 0.5) is 4.79 Å². The third-order valence-corrected chi connectivity index (χ3v) is 3.98. The molecule has 1 aliphatic carbocycles. The van der Waals surface area contributed by atoms with E-state index in [2.05, 4.69) is 6.92 Å². The first-order valence-electron chi connectivity index (χ1n) is 7.38. The van der Waals surface area contributed by atoms with Gasteiger partial charge in [0.15, 0.2) is 0 Å². The van der Waals surface area contributed by atoms with Crippen molar-refractivity contribution in [2.75, 3.05) is 26.2 Å². The van der Waals surface area contributed by atoms with Gasteiger partial charge >= 0.3 is 12.0 Å². The fourth-order valence-corrected chi connectivity index (χ4v) is 2.70. The number of carboxylic acid groups (broad SMARTS) is 1. The molecule has 108 valence electrons. The third-order valence-electron chi connectivity index (χ3n) is 3.98. The second-order valence-electron chi connectivity index (χ2n) is 5.80. The molecular formula is C14H24N2O3. The van der Waals surface area contributed by atoms with E-state index in [-0.39, 0.29) is 11.9 Å². The van der Waals surface area contributed by atoms with Crippen LogP contribution >= 0.6 is 0 Å². The van der Waals surface area contributed by atoms with Crippen LogP contribution in [0.15, 0.2) is 0 Å². The van der Waals surface area contributed by atoms with Crippen LogP contribution in [0.3, 0.4) is 0 Å². The van der Waals surface area contributed by atoms with E-state index >= 15 is 0 Å². The Morgan fingerprint density at radius 2 is 2.05 bits per heavy atom. The Kier molecular flexibility index (Phi) is 4.66. The van der Waals surface area contributed by atoms with Gasteiger partial charge in [-0.15, -0.1) is 0 Å². The largest absolute Gasteiger partial charge is 0.481 e. The smallest absolute Gasteiger partial charge is 0.320 e. The number of urea groups is 1. The van der Waals surface area contributed by atoms with E-state index in [0.717, 1.165) is 25.9 Å². The zero-order valence-electron chi connectivity index (χ0n) is 11.7. The monoisotopic (exact) mass is 268 g/mol. The van der Waals surface area contributed by atoms with E-state index in [9.17, 15) is 9.59 Å². The van der Waals surface area contributed by atoms with Gasteiger partial charge in [-0.1, -0.05) is 6.92 Å². The molecule has 0 aromatic carbocycles. The molecule has 5 heteroatoms. The van der Waals surface area contributed by atoms with Crippen molar-refractivity contribution in [3.8, 4) is 0 Å². The maximum Gasteiger partial charge on any atom is 0.320 e. The minimum Gasteiger partial charge on any atom is -0.481 e. The molecule has 1 saturated carbocycles. The molecule has 1 unspecified atom stereocenters. The van der Waals surface area contributed by atoms with Crippen molar-refractivity contribution in [1.29, 1.82) is 0 Å². The van der Waals surface area contributed by atoms with E-state index in [1.54, 1.807) is 4.90 Å². The number of carboxylic acids is 1. The maximum atomic E-state index is 12.5. The van der Waals surface area contributed by atoms with Gasteiger partial charge in [0.2, 0.25) is 0 Å². The van der Waals surface area contributed by atoms with Crippen molar-refractivity contribution in [1.82, 2.24) is 9.80 Å². The van der Waals surface area contributed by atoms with Crippen LogP contribution in [-0.4, -0.2) is 53.1 Å². The normalized spacial score (nSPS) is 23.2. The Morgan fingerprint density at radius 1 is 1.32 bits per heavy atom. The Balaban J connectivity index is 1.92. The van der Waals surface area contributed by atoms with Gasteiger partial charge in [0.1, 0.15) is 0 Å². The molecule has 0 radical (unpaired) electrons. The van der Waals surface area contributed by atoms with Gasteiger partial charge in [-0.3, -0.25) is 4.79 Å². The molecule has 19 heavy (non-hydrogen) atoms. The zero-order valence-corrected chi connectivity index (χ0v) is 11.7. The maximum absolute atomic E-state index is 12.5. The van der Waals surface area contributed by atoms with Crippen LogP contribution in [0.1, 0.15) is 39.0 Å². The summed E-state index contributed by atoms with van der Waals surface area (Å²) in [5, 5.41) is 9.08. The van der Waals surface area contributed by atoms with Crippen LogP contribution in [0.5, 0.6) is 0 Å². The quantitative estimate of drug-likeness (QED) is 0.830. The Bertz CT molecular complexity index is 342. The van der Waals surface area contributed by atoms with Crippen LogP contribution in [0, 0.1) is 11.8 Å². The number of likely N-dealkylation sites (tertiary alicyclic amines) is 1. The molecule has 1 atom stereocenters. The number of nitrogens with zero attached hydrogens (tertiary/aromatic N) is 2. The summed E-state index contributed by atoms with van der Waals surface area (Å²) < 4.78 is 0. The topological polar surface area (TPSA) is 60.9 Å². The van der Waals surface area contributed by atoms with Crippen molar-refractivity contribution >= 4 is 12.0 Å². The van der Waals surface area contributed by atoms with Gasteiger partial charge < -0.3 is 14.9 Å². The molecule has 2 amide bonds. The van der Waals surface area contributed by atoms with Gasteiger partial charge in [0, 0.05) is 26.2 Å².